The molecular formula is C15H18N6O5S2. The number of thioether (sulfide) groups is 1. The number of rotatable bonds is 7. The number of amides is 2. The fourth-order valence-corrected chi connectivity index (χ4v) is 4.69. The Kier molecular flexibility index (Phi) is 5.86. The van der Waals surface area contributed by atoms with Crippen LogP contribution >= 0.6 is 23.1 Å². The largest absolute Gasteiger partial charge is 0.477 e. The molecule has 0 saturated carbocycles. The zero-order valence-corrected chi connectivity index (χ0v) is 16.4. The molecule has 0 bridgehead atoms. The molecule has 1 saturated heterocycles. The summed E-state index contributed by atoms with van der Waals surface area (Å²) in [7, 11) is 0. The monoisotopic (exact) mass is 426 g/mol. The number of thiazole rings is 1. The lowest BCUT2D eigenvalue weighted by Gasteiger charge is -2.49. The zero-order chi connectivity index (χ0) is 20.4. The van der Waals surface area contributed by atoms with Gasteiger partial charge in [-0.05, 0) is 12.5 Å². The van der Waals surface area contributed by atoms with Crippen LogP contribution in [0.4, 0.5) is 5.13 Å². The summed E-state index contributed by atoms with van der Waals surface area (Å²) in [6, 6.07) is -0.894. The van der Waals surface area contributed by atoms with Crippen LogP contribution in [0.3, 0.4) is 0 Å². The van der Waals surface area contributed by atoms with Crippen LogP contribution < -0.4 is 16.8 Å². The second kappa shape index (κ2) is 8.16. The Morgan fingerprint density at radius 2 is 2.29 bits per heavy atom. The number of nitrogens with one attached hydrogen (secondary N) is 1. The number of nitrogens with two attached hydrogens (primary N) is 2. The summed E-state index contributed by atoms with van der Waals surface area (Å²) in [6.07, 6.45) is 0. The lowest BCUT2D eigenvalue weighted by molar-refractivity contribution is -0.150. The third-order valence-corrected chi connectivity index (χ3v) is 6.06. The topological polar surface area (TPSA) is 173 Å². The van der Waals surface area contributed by atoms with E-state index in [2.05, 4.69) is 15.5 Å². The molecule has 0 radical (unpaired) electrons. The van der Waals surface area contributed by atoms with Crippen LogP contribution in [-0.4, -0.2) is 68.8 Å². The molecule has 11 nitrogen and oxygen atoms in total. The number of fused-ring (bicyclic) bond motifs is 1. The molecule has 2 aliphatic heterocycles. The van der Waals surface area contributed by atoms with Gasteiger partial charge in [-0.25, -0.2) is 9.78 Å². The minimum Gasteiger partial charge on any atom is -0.477 e. The van der Waals surface area contributed by atoms with E-state index in [4.69, 9.17) is 16.3 Å². The number of nitrogen functional groups attached to an aromatic ring is 1. The Bertz CT molecular complexity index is 882. The minimum absolute atomic E-state index is 0.0402. The van der Waals surface area contributed by atoms with Crippen molar-refractivity contribution in [3.8, 4) is 0 Å². The molecule has 0 aliphatic carbocycles. The highest BCUT2D eigenvalue weighted by Gasteiger charge is 2.54. The van der Waals surface area contributed by atoms with Crippen molar-refractivity contribution in [2.45, 2.75) is 18.3 Å². The number of carboxylic acid groups (broad SMARTS) is 1. The smallest absolute Gasteiger partial charge is 0.352 e. The number of anilines is 1. The van der Waals surface area contributed by atoms with Crippen LogP contribution in [0.1, 0.15) is 12.6 Å². The molecule has 1 aromatic heterocycles. The van der Waals surface area contributed by atoms with Gasteiger partial charge in [0, 0.05) is 17.7 Å². The van der Waals surface area contributed by atoms with Gasteiger partial charge >= 0.3 is 5.97 Å². The van der Waals surface area contributed by atoms with Crippen molar-refractivity contribution in [2.75, 3.05) is 24.6 Å². The summed E-state index contributed by atoms with van der Waals surface area (Å²) in [5, 5.41) is 17.1. The van der Waals surface area contributed by atoms with Crippen molar-refractivity contribution >= 4 is 51.7 Å². The number of carboxylic acids is 1. The summed E-state index contributed by atoms with van der Waals surface area (Å²) in [6.45, 7) is 1.98. The number of nitrogens with zero attached hydrogens (tertiary/aromatic N) is 3. The molecule has 2 atom stereocenters. The minimum atomic E-state index is -1.22. The van der Waals surface area contributed by atoms with Crippen molar-refractivity contribution < 1.29 is 24.3 Å². The van der Waals surface area contributed by atoms with Gasteiger partial charge in [-0.1, -0.05) is 5.16 Å². The molecule has 13 heteroatoms. The molecule has 2 aliphatic rings. The van der Waals surface area contributed by atoms with Crippen LogP contribution in [0.25, 0.3) is 0 Å². The van der Waals surface area contributed by atoms with Crippen LogP contribution in [-0.2, 0) is 19.2 Å². The maximum Gasteiger partial charge on any atom is 0.352 e. The van der Waals surface area contributed by atoms with Crippen LogP contribution in [0.2, 0.25) is 0 Å². The van der Waals surface area contributed by atoms with Gasteiger partial charge in [0.15, 0.2) is 10.8 Å². The second-order valence-electron chi connectivity index (χ2n) is 5.75. The second-order valence-corrected chi connectivity index (χ2v) is 7.75. The quantitative estimate of drug-likeness (QED) is 0.246. The third-order valence-electron chi connectivity index (χ3n) is 4.05. The van der Waals surface area contributed by atoms with E-state index in [0.717, 1.165) is 16.2 Å². The highest BCUT2D eigenvalue weighted by atomic mass is 32.2. The predicted octanol–water partition coefficient (Wildman–Crippen LogP) is -0.837. The van der Waals surface area contributed by atoms with Gasteiger partial charge in [0.2, 0.25) is 0 Å². The van der Waals surface area contributed by atoms with Crippen LogP contribution in [0.15, 0.2) is 21.8 Å². The number of oxime groups is 1. The molecule has 3 heterocycles. The lowest BCUT2D eigenvalue weighted by atomic mass is 10.0. The van der Waals surface area contributed by atoms with Gasteiger partial charge in [0.25, 0.3) is 11.8 Å². The van der Waals surface area contributed by atoms with Crippen molar-refractivity contribution in [2.24, 2.45) is 10.9 Å². The highest BCUT2D eigenvalue weighted by Crippen LogP contribution is 2.40. The molecule has 0 spiro atoms. The fourth-order valence-electron chi connectivity index (χ4n) is 2.78. The summed E-state index contributed by atoms with van der Waals surface area (Å²) in [4.78, 5) is 46.9. The van der Waals surface area contributed by atoms with E-state index >= 15 is 0 Å². The van der Waals surface area contributed by atoms with Crippen molar-refractivity contribution in [3.63, 3.8) is 0 Å². The molecule has 3 rings (SSSR count). The molecular weight excluding hydrogens is 408 g/mol. The lowest BCUT2D eigenvalue weighted by Crippen LogP contribution is -2.71. The van der Waals surface area contributed by atoms with Gasteiger partial charge < -0.3 is 26.7 Å². The van der Waals surface area contributed by atoms with Crippen molar-refractivity contribution in [1.29, 1.82) is 0 Å². The van der Waals surface area contributed by atoms with Crippen LogP contribution in [0.5, 0.6) is 0 Å². The molecule has 28 heavy (non-hydrogen) atoms. The molecule has 1 unspecified atom stereocenters. The number of hydrogen-bond acceptors (Lipinski definition) is 10. The van der Waals surface area contributed by atoms with E-state index < -0.39 is 29.2 Å². The average molecular weight is 426 g/mol. The standard InChI is InChI=1S/C15H18N6O5S2/c1-2-26-20-8(7-5-28-15(17)18-7)11(22)19-9-12(23)21-10(14(24)25)6(3-16)4-27-13(9)21/h5,9,13H,2-4,16H2,1H3,(H2,17,18)(H,19,22)(H,24,25)/b20-8-/t9?,13-/m0/s1. The Morgan fingerprint density at radius 3 is 2.86 bits per heavy atom. The molecule has 1 aromatic rings. The summed E-state index contributed by atoms with van der Waals surface area (Å²) < 4.78 is 0. The first-order valence-corrected chi connectivity index (χ1v) is 10.1. The first-order valence-electron chi connectivity index (χ1n) is 8.21. The summed E-state index contributed by atoms with van der Waals surface area (Å²) in [5.41, 5.74) is 11.7. The molecule has 150 valence electrons. The SMILES string of the molecule is CCO/N=C(\C(=O)NC1C(=O)N2C(C(=O)O)=C(CN)CS[C@@H]12)c1csc(N)n1. The van der Waals surface area contributed by atoms with E-state index in [1.807, 2.05) is 0 Å². The number of carbonyl (C=O) groups excluding carboxylic acids is 2. The van der Waals surface area contributed by atoms with E-state index in [1.54, 1.807) is 12.3 Å². The van der Waals surface area contributed by atoms with Gasteiger partial charge in [0.1, 0.15) is 29.4 Å². The predicted molar refractivity (Wildman–Crippen MR) is 103 cm³/mol. The Labute approximate surface area is 167 Å². The number of β-lactam (4-membered cyclic amide) rings is 1. The molecule has 2 amide bonds. The fraction of sp³-hybridized carbons (Fsp3) is 0.400. The summed E-state index contributed by atoms with van der Waals surface area (Å²) >= 11 is 2.47. The maximum atomic E-state index is 12.7. The number of carbonyl (C=O) groups is 3. The van der Waals surface area contributed by atoms with E-state index in [9.17, 15) is 19.5 Å². The first-order chi connectivity index (χ1) is 13.4. The van der Waals surface area contributed by atoms with Gasteiger partial charge in [-0.2, -0.15) is 0 Å². The number of hydrogen-bond donors (Lipinski definition) is 4. The molecule has 6 N–H and O–H groups in total. The Balaban J connectivity index is 1.79. The first kappa shape index (κ1) is 20.1. The van der Waals surface area contributed by atoms with Gasteiger partial charge in [-0.3, -0.25) is 14.5 Å². The summed E-state index contributed by atoms with van der Waals surface area (Å²) in [5.74, 6) is -2.05. The van der Waals surface area contributed by atoms with Crippen molar-refractivity contribution in [3.05, 3.63) is 22.3 Å². The van der Waals surface area contributed by atoms with Gasteiger partial charge in [0.05, 0.1) is 0 Å². The molecule has 1 fully saturated rings. The number of aliphatic carboxylic acids is 1. The van der Waals surface area contributed by atoms with E-state index in [1.165, 1.54) is 11.8 Å². The van der Waals surface area contributed by atoms with E-state index in [-0.39, 0.29) is 35.4 Å². The molecule has 0 aromatic carbocycles. The maximum absolute atomic E-state index is 12.7. The average Bonchev–Trinajstić information content (AvgIpc) is 3.10. The van der Waals surface area contributed by atoms with Gasteiger partial charge in [-0.15, -0.1) is 23.1 Å². The zero-order valence-electron chi connectivity index (χ0n) is 14.7. The number of aromatic nitrogens is 1. The Hall–Kier alpha value is -2.64. The van der Waals surface area contributed by atoms with Crippen molar-refractivity contribution in [1.82, 2.24) is 15.2 Å². The normalized spacial score (nSPS) is 21.9. The van der Waals surface area contributed by atoms with Crippen LogP contribution in [0, 0.1) is 0 Å². The van der Waals surface area contributed by atoms with E-state index in [0.29, 0.717) is 11.3 Å². The Morgan fingerprint density at radius 1 is 1.54 bits per heavy atom. The third kappa shape index (κ3) is 3.55. The highest BCUT2D eigenvalue weighted by molar-refractivity contribution is 8.00.